The zero-order valence-electron chi connectivity index (χ0n) is 14.6. The van der Waals surface area contributed by atoms with Crippen molar-refractivity contribution in [2.75, 3.05) is 19.5 Å². The van der Waals surface area contributed by atoms with E-state index in [9.17, 15) is 4.79 Å². The van der Waals surface area contributed by atoms with Crippen molar-refractivity contribution in [2.45, 2.75) is 12.8 Å². The molecule has 138 valence electrons. The SMILES string of the molecule is COC(=O)c1noc2c1CCc1cnc(Nc3ccc(Br)cc3OC)nc1-2. The van der Waals surface area contributed by atoms with Gasteiger partial charge in [0.1, 0.15) is 11.4 Å². The Morgan fingerprint density at radius 2 is 2.15 bits per heavy atom. The van der Waals surface area contributed by atoms with Crippen molar-refractivity contribution < 1.29 is 18.8 Å². The summed E-state index contributed by atoms with van der Waals surface area (Å²) in [6, 6.07) is 5.60. The molecule has 0 amide bonds. The van der Waals surface area contributed by atoms with Gasteiger partial charge in [-0.15, -0.1) is 0 Å². The third kappa shape index (κ3) is 3.14. The second-order valence-corrected chi connectivity index (χ2v) is 6.78. The van der Waals surface area contributed by atoms with Crippen LogP contribution in [0.2, 0.25) is 0 Å². The number of nitrogens with one attached hydrogen (secondary N) is 1. The van der Waals surface area contributed by atoms with E-state index in [4.69, 9.17) is 14.0 Å². The lowest BCUT2D eigenvalue weighted by Crippen LogP contribution is -2.11. The van der Waals surface area contributed by atoms with Gasteiger partial charge in [-0.2, -0.15) is 0 Å². The monoisotopic (exact) mass is 430 g/mol. The minimum Gasteiger partial charge on any atom is -0.495 e. The van der Waals surface area contributed by atoms with E-state index in [1.54, 1.807) is 13.3 Å². The van der Waals surface area contributed by atoms with Crippen molar-refractivity contribution in [3.63, 3.8) is 0 Å². The number of hydrogen-bond donors (Lipinski definition) is 1. The number of fused-ring (bicyclic) bond motifs is 3. The first-order valence-electron chi connectivity index (χ1n) is 8.14. The number of ether oxygens (including phenoxy) is 2. The molecule has 0 spiro atoms. The Kier molecular flexibility index (Phi) is 4.53. The van der Waals surface area contributed by atoms with E-state index in [0.29, 0.717) is 41.6 Å². The number of carbonyl (C=O) groups excluding carboxylic acids is 1. The quantitative estimate of drug-likeness (QED) is 0.627. The Hall–Kier alpha value is -2.94. The van der Waals surface area contributed by atoms with E-state index in [1.165, 1.54) is 7.11 Å². The van der Waals surface area contributed by atoms with Gasteiger partial charge in [-0.25, -0.2) is 14.8 Å². The Labute approximate surface area is 163 Å². The number of carbonyl (C=O) groups is 1. The summed E-state index contributed by atoms with van der Waals surface area (Å²) in [7, 11) is 2.91. The molecular formula is C18H15BrN4O4. The third-order valence-electron chi connectivity index (χ3n) is 4.30. The van der Waals surface area contributed by atoms with Crippen molar-refractivity contribution in [3.05, 3.63) is 45.7 Å². The molecule has 0 radical (unpaired) electrons. The topological polar surface area (TPSA) is 99.4 Å². The summed E-state index contributed by atoms with van der Waals surface area (Å²) in [5.41, 5.74) is 3.18. The highest BCUT2D eigenvalue weighted by Crippen LogP contribution is 2.35. The molecule has 9 heteroatoms. The molecule has 0 saturated heterocycles. The molecule has 1 aliphatic rings. The standard InChI is InChI=1S/C18H15BrN4O4/c1-25-13-7-10(19)4-6-12(13)21-18-20-8-9-3-5-11-15(17(24)26-2)23-27-16(11)14(9)22-18/h4,6-8H,3,5H2,1-2H3,(H,20,21,22). The molecule has 1 aliphatic carbocycles. The lowest BCUT2D eigenvalue weighted by Gasteiger charge is -2.15. The number of methoxy groups -OCH3 is 2. The summed E-state index contributed by atoms with van der Waals surface area (Å²) in [5, 5.41) is 7.01. The highest BCUT2D eigenvalue weighted by Gasteiger charge is 2.29. The highest BCUT2D eigenvalue weighted by molar-refractivity contribution is 9.10. The van der Waals surface area contributed by atoms with E-state index < -0.39 is 5.97 Å². The normalized spacial score (nSPS) is 12.1. The third-order valence-corrected chi connectivity index (χ3v) is 4.79. The average Bonchev–Trinajstić information content (AvgIpc) is 3.13. The van der Waals surface area contributed by atoms with Gasteiger partial charge in [-0.1, -0.05) is 21.1 Å². The van der Waals surface area contributed by atoms with Crippen LogP contribution in [0.3, 0.4) is 0 Å². The van der Waals surface area contributed by atoms with Crippen LogP contribution in [0.5, 0.6) is 5.75 Å². The molecule has 4 rings (SSSR count). The Morgan fingerprint density at radius 3 is 2.93 bits per heavy atom. The van der Waals surface area contributed by atoms with Crippen LogP contribution in [0.15, 0.2) is 33.4 Å². The van der Waals surface area contributed by atoms with Crippen molar-refractivity contribution in [2.24, 2.45) is 0 Å². The largest absolute Gasteiger partial charge is 0.495 e. The molecule has 0 saturated carbocycles. The summed E-state index contributed by atoms with van der Waals surface area (Å²) < 4.78 is 16.4. The van der Waals surface area contributed by atoms with Crippen molar-refractivity contribution in [1.82, 2.24) is 15.1 Å². The van der Waals surface area contributed by atoms with Crippen LogP contribution >= 0.6 is 15.9 Å². The maximum absolute atomic E-state index is 11.9. The second kappa shape index (κ2) is 6.99. The number of halogens is 1. The molecule has 3 aromatic rings. The molecular weight excluding hydrogens is 416 g/mol. The van der Waals surface area contributed by atoms with Crippen LogP contribution < -0.4 is 10.1 Å². The van der Waals surface area contributed by atoms with Crippen LogP contribution in [0.4, 0.5) is 11.6 Å². The first-order chi connectivity index (χ1) is 13.1. The second-order valence-electron chi connectivity index (χ2n) is 5.87. The number of aromatic nitrogens is 3. The maximum Gasteiger partial charge on any atom is 0.360 e. The predicted octanol–water partition coefficient (Wildman–Crippen LogP) is 3.53. The number of anilines is 2. The zero-order valence-corrected chi connectivity index (χ0v) is 16.2. The summed E-state index contributed by atoms with van der Waals surface area (Å²) in [6.45, 7) is 0. The summed E-state index contributed by atoms with van der Waals surface area (Å²) in [6.07, 6.45) is 3.06. The number of esters is 1. The number of rotatable bonds is 4. The van der Waals surface area contributed by atoms with Crippen molar-refractivity contribution >= 4 is 33.5 Å². The van der Waals surface area contributed by atoms with E-state index in [1.807, 2.05) is 18.2 Å². The van der Waals surface area contributed by atoms with Crippen LogP contribution in [-0.4, -0.2) is 35.3 Å². The first-order valence-corrected chi connectivity index (χ1v) is 8.93. The number of benzene rings is 1. The fourth-order valence-electron chi connectivity index (χ4n) is 2.98. The molecule has 2 heterocycles. The van der Waals surface area contributed by atoms with E-state index in [2.05, 4.69) is 36.4 Å². The van der Waals surface area contributed by atoms with E-state index in [-0.39, 0.29) is 5.69 Å². The van der Waals surface area contributed by atoms with Crippen LogP contribution in [0, 0.1) is 0 Å². The first kappa shape index (κ1) is 17.5. The van der Waals surface area contributed by atoms with Gasteiger partial charge < -0.3 is 19.3 Å². The van der Waals surface area contributed by atoms with Crippen LogP contribution in [-0.2, 0) is 17.6 Å². The Bertz CT molecular complexity index is 1030. The van der Waals surface area contributed by atoms with Crippen molar-refractivity contribution in [1.29, 1.82) is 0 Å². The minimum atomic E-state index is -0.518. The molecule has 0 unspecified atom stereocenters. The molecule has 27 heavy (non-hydrogen) atoms. The number of aryl methyl sites for hydroxylation is 1. The molecule has 1 aromatic carbocycles. The molecule has 8 nitrogen and oxygen atoms in total. The van der Waals surface area contributed by atoms with E-state index in [0.717, 1.165) is 15.7 Å². The van der Waals surface area contributed by atoms with Crippen LogP contribution in [0.1, 0.15) is 21.6 Å². The smallest absolute Gasteiger partial charge is 0.360 e. The molecule has 0 fully saturated rings. The molecule has 0 atom stereocenters. The van der Waals surface area contributed by atoms with Crippen LogP contribution in [0.25, 0.3) is 11.5 Å². The van der Waals surface area contributed by atoms with Gasteiger partial charge in [0.15, 0.2) is 11.5 Å². The van der Waals surface area contributed by atoms with Gasteiger partial charge in [-0.3, -0.25) is 0 Å². The Morgan fingerprint density at radius 1 is 1.30 bits per heavy atom. The fourth-order valence-corrected chi connectivity index (χ4v) is 3.32. The van der Waals surface area contributed by atoms with Gasteiger partial charge in [0.2, 0.25) is 5.95 Å². The van der Waals surface area contributed by atoms with Gasteiger partial charge >= 0.3 is 5.97 Å². The fraction of sp³-hybridized carbons (Fsp3) is 0.222. The number of nitrogens with zero attached hydrogens (tertiary/aromatic N) is 3. The molecule has 2 aromatic heterocycles. The van der Waals surface area contributed by atoms with Gasteiger partial charge in [0.05, 0.1) is 19.9 Å². The average molecular weight is 431 g/mol. The summed E-state index contributed by atoms with van der Waals surface area (Å²) in [5.74, 6) is 0.998. The molecule has 0 bridgehead atoms. The highest BCUT2D eigenvalue weighted by atomic mass is 79.9. The predicted molar refractivity (Wildman–Crippen MR) is 100 cm³/mol. The maximum atomic E-state index is 11.9. The van der Waals surface area contributed by atoms with Gasteiger partial charge in [-0.05, 0) is 31.0 Å². The summed E-state index contributed by atoms with van der Waals surface area (Å²) >= 11 is 3.41. The van der Waals surface area contributed by atoms with Crippen molar-refractivity contribution in [3.8, 4) is 17.2 Å². The lowest BCUT2D eigenvalue weighted by molar-refractivity contribution is 0.0588. The summed E-state index contributed by atoms with van der Waals surface area (Å²) in [4.78, 5) is 20.8. The Balaban J connectivity index is 1.71. The van der Waals surface area contributed by atoms with E-state index >= 15 is 0 Å². The molecule has 0 aliphatic heterocycles. The molecule has 1 N–H and O–H groups in total. The number of hydrogen-bond acceptors (Lipinski definition) is 8. The zero-order chi connectivity index (χ0) is 19.0. The minimum absolute atomic E-state index is 0.195. The van der Waals surface area contributed by atoms with Gasteiger partial charge in [0, 0.05) is 21.8 Å². The van der Waals surface area contributed by atoms with Gasteiger partial charge in [0.25, 0.3) is 0 Å². The lowest BCUT2D eigenvalue weighted by atomic mass is 9.94.